The van der Waals surface area contributed by atoms with E-state index >= 15 is 0 Å². The molecule has 514 valence electrons. The van der Waals surface area contributed by atoms with Crippen LogP contribution < -0.4 is 18.9 Å². The topological polar surface area (TPSA) is 515 Å². The summed E-state index contributed by atoms with van der Waals surface area (Å²) in [5.41, 5.74) is 0.420. The zero-order valence-electron chi connectivity index (χ0n) is 50.1. The first-order valence-corrected chi connectivity index (χ1v) is 29.2. The van der Waals surface area contributed by atoms with Crippen molar-refractivity contribution in [1.82, 2.24) is 0 Å². The van der Waals surface area contributed by atoms with Gasteiger partial charge in [0, 0.05) is 36.8 Å². The van der Waals surface area contributed by atoms with Gasteiger partial charge in [0.25, 0.3) is 0 Å². The lowest BCUT2D eigenvalue weighted by atomic mass is 9.91. The molecule has 20 N–H and O–H groups in total. The number of hydrogen-bond acceptors (Lipinski definition) is 32. The Morgan fingerprint density at radius 2 is 0.554 bits per heavy atom. The Morgan fingerprint density at radius 1 is 0.315 bits per heavy atom. The number of ether oxygens (including phenoxy) is 12. The predicted molar refractivity (Wildman–Crippen MR) is 307 cm³/mol. The minimum absolute atomic E-state index is 0.0208. The summed E-state index contributed by atoms with van der Waals surface area (Å²) in [6.45, 7) is -3.53. The monoisotopic (exact) mass is 1310 g/mol. The highest BCUT2D eigenvalue weighted by atomic mass is 16.8. The fourth-order valence-electron chi connectivity index (χ4n) is 11.4. The Kier molecular flexibility index (Phi) is 24.9. The molecular weight excluding hydrogens is 1230 g/mol. The van der Waals surface area contributed by atoms with Gasteiger partial charge in [-0.15, -0.1) is 0 Å². The number of aromatic hydroxyl groups is 4. The first-order valence-electron chi connectivity index (χ1n) is 29.2. The van der Waals surface area contributed by atoms with Crippen LogP contribution in [-0.4, -0.2) is 304 Å². The first kappa shape index (κ1) is 72.2. The van der Waals surface area contributed by atoms with E-state index in [1.165, 1.54) is 89.1 Å². The third kappa shape index (κ3) is 15.8. The van der Waals surface area contributed by atoms with Crippen molar-refractivity contribution in [2.45, 2.75) is 173 Å². The maximum atomic E-state index is 12.1. The lowest BCUT2D eigenvalue weighted by molar-refractivity contribution is -0.340. The summed E-state index contributed by atoms with van der Waals surface area (Å²) in [5.74, 6) is -2.40. The molecule has 92 heavy (non-hydrogen) atoms. The van der Waals surface area contributed by atoms with E-state index in [1.807, 2.05) is 0 Å². The van der Waals surface area contributed by atoms with Gasteiger partial charge in [-0.2, -0.15) is 0 Å². The largest absolute Gasteiger partial charge is 0.504 e. The molecule has 24 atom stereocenters. The molecule has 0 bridgehead atoms. The lowest BCUT2D eigenvalue weighted by Gasteiger charge is -2.44. The minimum atomic E-state index is -2.05. The van der Waals surface area contributed by atoms with Crippen molar-refractivity contribution in [3.8, 4) is 57.1 Å². The second kappa shape index (κ2) is 31.7. The van der Waals surface area contributed by atoms with Crippen molar-refractivity contribution in [3.63, 3.8) is 0 Å². The quantitative estimate of drug-likeness (QED) is 0.0265. The van der Waals surface area contributed by atoms with Gasteiger partial charge in [0.1, 0.15) is 97.7 Å². The summed E-state index contributed by atoms with van der Waals surface area (Å²) < 4.78 is 71.0. The fraction of sp³-hybridized carbons (Fsp3) is 0.600. The summed E-state index contributed by atoms with van der Waals surface area (Å²) in [7, 11) is 4.92. The number of methoxy groups -OCH3 is 4. The summed E-state index contributed by atoms with van der Waals surface area (Å²) >= 11 is 0. The average Bonchev–Trinajstić information content (AvgIpc) is 0.836. The van der Waals surface area contributed by atoms with E-state index in [2.05, 4.69) is 0 Å². The molecule has 32 nitrogen and oxygen atoms in total. The summed E-state index contributed by atoms with van der Waals surface area (Å²) in [6.07, 6.45) is -44.9. The molecule has 32 heteroatoms. The second-order valence-corrected chi connectivity index (χ2v) is 22.7. The zero-order chi connectivity index (χ0) is 67.2. The van der Waals surface area contributed by atoms with Gasteiger partial charge in [-0.3, -0.25) is 0 Å². The number of hydrogen-bond donors (Lipinski definition) is 20. The molecule has 0 saturated carbocycles. The SMILES string of the molecule is COc1cc(C[C@H](O[C@@H]2O[C@H](CO)[C@@H](O)[C@H](O)[C@H]2O)[C@H](Cc2cc(OC)c(O)c(-c3cc(C[C@@H](O[C@@H]4O[C@H](CO)[C@@H](O)[C@H](O)[C@H]4O)[C@@H](Cc4ccc(O)c(OC)c4)O[C@@H]4O[C@H](CO)[C@@H](O)[C@H](O)[C@H]4O)cc(OC)c3O)c2)O[C@@H]2O[C@H](CO)[C@@H](O)[C@H](O)[C@H]2O)ccc1O. The van der Waals surface area contributed by atoms with Crippen LogP contribution in [0.4, 0.5) is 0 Å². The lowest BCUT2D eigenvalue weighted by Crippen LogP contribution is -2.61. The molecule has 4 saturated heterocycles. The highest BCUT2D eigenvalue weighted by molar-refractivity contribution is 5.81. The normalized spacial score (nSPS) is 33.1. The van der Waals surface area contributed by atoms with Crippen LogP contribution in [-0.2, 0) is 63.6 Å². The van der Waals surface area contributed by atoms with Crippen LogP contribution in [0.1, 0.15) is 22.3 Å². The third-order valence-electron chi connectivity index (χ3n) is 16.7. The number of phenolic OH excluding ortho intramolecular Hbond substituents is 4. The number of aliphatic hydroxyl groups excluding tert-OH is 16. The summed E-state index contributed by atoms with van der Waals surface area (Å²) in [4.78, 5) is 0. The van der Waals surface area contributed by atoms with E-state index in [0.717, 1.165) is 0 Å². The molecule has 4 fully saturated rings. The van der Waals surface area contributed by atoms with Gasteiger partial charge >= 0.3 is 0 Å². The molecule has 0 spiro atoms. The molecule has 0 aromatic heterocycles. The Morgan fingerprint density at radius 3 is 0.793 bits per heavy atom. The van der Waals surface area contributed by atoms with E-state index in [4.69, 9.17) is 56.8 Å². The van der Waals surface area contributed by atoms with Crippen LogP contribution in [0.2, 0.25) is 0 Å². The minimum Gasteiger partial charge on any atom is -0.504 e. The van der Waals surface area contributed by atoms with Crippen molar-refractivity contribution >= 4 is 0 Å². The summed E-state index contributed by atoms with van der Waals surface area (Å²) in [6, 6.07) is 13.6. The molecule has 4 aliphatic rings. The highest BCUT2D eigenvalue weighted by Crippen LogP contribution is 2.47. The number of phenols is 4. The Balaban J connectivity index is 1.27. The molecule has 0 amide bonds. The zero-order valence-corrected chi connectivity index (χ0v) is 50.1. The van der Waals surface area contributed by atoms with Crippen LogP contribution in [0.5, 0.6) is 46.0 Å². The smallest absolute Gasteiger partial charge is 0.187 e. The molecule has 0 unspecified atom stereocenters. The van der Waals surface area contributed by atoms with E-state index in [-0.39, 0.29) is 69.6 Å². The van der Waals surface area contributed by atoms with Gasteiger partial charge < -0.3 is 159 Å². The molecule has 0 aliphatic carbocycles. The van der Waals surface area contributed by atoms with Crippen LogP contribution in [0.3, 0.4) is 0 Å². The number of aliphatic hydroxyl groups is 16. The van der Waals surface area contributed by atoms with Gasteiger partial charge in [0.05, 0.1) is 79.3 Å². The third-order valence-corrected chi connectivity index (χ3v) is 16.7. The molecule has 4 heterocycles. The standard InChI is InChI=1S/C60H82O32/c1-81-31-11-23(5-7-29(31)65)13-33(85-57-53(77)49(73)45(69)39(19-61)89-57)35(87-59-55(79)51(75)47(71)41(21-63)91-59)15-25-9-27(43(67)37(17-25)83-3)28-10-26(18-38(84-4)44(28)68)16-36(88-60-56(80)52(76)48(72)42(22-64)92-60)34(14-24-6-8-30(66)32(12-24)82-2)86-58-54(78)50(74)46(70)40(20-62)90-58/h5-12,17-18,33-36,39-42,45-80H,13-16,19-22H2,1-4H3/t33-,34+,35-,36+,39-,40-,41-,42-,45-,46-,47-,48-,49+,50+,51+,52+,53-,54-,55-,56-,57-,58-,59-,60-/m1/s1. The maximum absolute atomic E-state index is 12.1. The van der Waals surface area contributed by atoms with Gasteiger partial charge in [-0.25, -0.2) is 0 Å². The van der Waals surface area contributed by atoms with Gasteiger partial charge in [0.15, 0.2) is 71.2 Å². The van der Waals surface area contributed by atoms with Gasteiger partial charge in [0.2, 0.25) is 0 Å². The van der Waals surface area contributed by atoms with Crippen molar-refractivity contribution in [1.29, 1.82) is 0 Å². The molecular formula is C60H82O32. The number of rotatable bonds is 27. The van der Waals surface area contributed by atoms with E-state index in [0.29, 0.717) is 11.1 Å². The molecule has 0 radical (unpaired) electrons. The van der Waals surface area contributed by atoms with Crippen molar-refractivity contribution in [2.24, 2.45) is 0 Å². The van der Waals surface area contributed by atoms with Crippen LogP contribution >= 0.6 is 0 Å². The van der Waals surface area contributed by atoms with Crippen LogP contribution in [0, 0.1) is 0 Å². The van der Waals surface area contributed by atoms with E-state index in [9.17, 15) is 102 Å². The van der Waals surface area contributed by atoms with Crippen LogP contribution in [0.25, 0.3) is 11.1 Å². The Bertz CT molecular complexity index is 2810. The fourth-order valence-corrected chi connectivity index (χ4v) is 11.4. The van der Waals surface area contributed by atoms with Crippen molar-refractivity contribution < 1.29 is 159 Å². The van der Waals surface area contributed by atoms with Crippen molar-refractivity contribution in [2.75, 3.05) is 54.9 Å². The second-order valence-electron chi connectivity index (χ2n) is 22.7. The van der Waals surface area contributed by atoms with Crippen LogP contribution in [0.15, 0.2) is 60.7 Å². The molecule has 4 aromatic rings. The maximum Gasteiger partial charge on any atom is 0.187 e. The Hall–Kier alpha value is -5.68. The average molecular weight is 1320 g/mol. The van der Waals surface area contributed by atoms with E-state index in [1.54, 1.807) is 0 Å². The highest BCUT2D eigenvalue weighted by Gasteiger charge is 2.51. The molecule has 8 rings (SSSR count). The summed E-state index contributed by atoms with van der Waals surface area (Å²) in [5, 5.41) is 218. The molecule has 4 aromatic carbocycles. The molecule has 4 aliphatic heterocycles. The predicted octanol–water partition coefficient (Wildman–Crippen LogP) is -5.48. The van der Waals surface area contributed by atoms with Crippen molar-refractivity contribution in [3.05, 3.63) is 82.9 Å². The number of benzene rings is 4. The van der Waals surface area contributed by atoms with E-state index < -0.39 is 198 Å². The van der Waals surface area contributed by atoms with Gasteiger partial charge in [-0.05, 0) is 70.8 Å². The first-order chi connectivity index (χ1) is 43.8. The van der Waals surface area contributed by atoms with Gasteiger partial charge in [-0.1, -0.05) is 12.1 Å². The Labute approximate surface area is 525 Å².